The number of anilines is 1. The Morgan fingerprint density at radius 1 is 1.27 bits per heavy atom. The molecule has 0 spiro atoms. The number of amides is 4. The molecule has 0 radical (unpaired) electrons. The number of methoxy groups -OCH3 is 1. The normalized spacial score (nSPS) is 14.2. The molecule has 3 heterocycles. The Balaban J connectivity index is 1.49. The van der Waals surface area contributed by atoms with Crippen LogP contribution in [0.1, 0.15) is 35.6 Å². The molecule has 12 heteroatoms. The summed E-state index contributed by atoms with van der Waals surface area (Å²) in [4.78, 5) is 49.5. The fourth-order valence-electron chi connectivity index (χ4n) is 4.13. The number of nitriles is 1. The number of nitrogens with zero attached hydrogens (tertiary/aromatic N) is 6. The highest BCUT2D eigenvalue weighted by molar-refractivity contribution is 6.12. The smallest absolute Gasteiger partial charge is 0.332 e. The number of benzene rings is 1. The summed E-state index contributed by atoms with van der Waals surface area (Å²) in [6.07, 6.45) is 3.48. The van der Waals surface area contributed by atoms with Crippen molar-refractivity contribution in [1.29, 1.82) is 5.26 Å². The van der Waals surface area contributed by atoms with Crippen molar-refractivity contribution in [2.45, 2.75) is 31.8 Å². The van der Waals surface area contributed by atoms with E-state index in [1.807, 2.05) is 0 Å². The van der Waals surface area contributed by atoms with E-state index in [1.165, 1.54) is 16.0 Å². The second kappa shape index (κ2) is 11.0. The fourth-order valence-corrected chi connectivity index (χ4v) is 4.13. The molecule has 4 amide bonds. The van der Waals surface area contributed by atoms with Gasteiger partial charge in [0.2, 0.25) is 5.82 Å². The second-order valence-electron chi connectivity index (χ2n) is 8.65. The molecule has 1 aliphatic heterocycles. The molecule has 1 fully saturated rings. The molecule has 0 bridgehead atoms. The number of ether oxygens (including phenoxy) is 1. The van der Waals surface area contributed by atoms with Crippen molar-refractivity contribution in [3.05, 3.63) is 48.0 Å². The van der Waals surface area contributed by atoms with Crippen LogP contribution in [0.15, 0.2) is 36.5 Å². The maximum atomic E-state index is 13.0. The molecule has 1 aliphatic rings. The Kier molecular flexibility index (Phi) is 7.64. The predicted octanol–water partition coefficient (Wildman–Crippen LogP) is 1.70. The number of imide groups is 1. The first-order valence-corrected chi connectivity index (χ1v) is 11.8. The predicted molar refractivity (Wildman–Crippen MR) is 135 cm³/mol. The lowest BCUT2D eigenvalue weighted by atomic mass is 10.1. The average Bonchev–Trinajstić information content (AvgIpc) is 3.38. The van der Waals surface area contributed by atoms with Gasteiger partial charge in [-0.2, -0.15) is 5.26 Å². The summed E-state index contributed by atoms with van der Waals surface area (Å²) >= 11 is 0. The average molecular weight is 505 g/mol. The van der Waals surface area contributed by atoms with Gasteiger partial charge in [0.15, 0.2) is 0 Å². The number of fused-ring (bicyclic) bond motifs is 1. The van der Waals surface area contributed by atoms with Crippen molar-refractivity contribution in [3.63, 3.8) is 0 Å². The van der Waals surface area contributed by atoms with Crippen LogP contribution in [0, 0.1) is 11.3 Å². The minimum absolute atomic E-state index is 0.0381. The zero-order valence-corrected chi connectivity index (χ0v) is 20.7. The Hall–Kier alpha value is -4.50. The van der Waals surface area contributed by atoms with Crippen LogP contribution in [0.5, 0.6) is 5.75 Å². The number of carbonyl (C=O) groups is 3. The topological polar surface area (TPSA) is 159 Å². The molecule has 0 unspecified atom stereocenters. The number of hydrogen-bond donors (Lipinski definition) is 2. The summed E-state index contributed by atoms with van der Waals surface area (Å²) in [6, 6.07) is 9.66. The number of unbranched alkanes of at least 4 members (excludes halogenated alkanes) is 1. The van der Waals surface area contributed by atoms with Crippen molar-refractivity contribution < 1.29 is 19.1 Å². The number of carbonyl (C=O) groups excluding carboxylic acids is 3. The minimum atomic E-state index is -0.664. The van der Waals surface area contributed by atoms with Crippen molar-refractivity contribution in [2.24, 2.45) is 12.8 Å². The van der Waals surface area contributed by atoms with Crippen molar-refractivity contribution in [2.75, 3.05) is 25.1 Å². The van der Waals surface area contributed by atoms with E-state index in [2.05, 4.69) is 21.4 Å². The van der Waals surface area contributed by atoms with Crippen LogP contribution in [-0.4, -0.2) is 63.5 Å². The Labute approximate surface area is 213 Å². The van der Waals surface area contributed by atoms with E-state index >= 15 is 0 Å². The van der Waals surface area contributed by atoms with Crippen LogP contribution < -0.4 is 20.7 Å². The summed E-state index contributed by atoms with van der Waals surface area (Å²) in [6.45, 7) is 0.497. The number of nitrogens with one attached hydrogen (secondary N) is 1. The molecule has 3 N–H and O–H groups in total. The summed E-state index contributed by atoms with van der Waals surface area (Å²) in [5.41, 5.74) is 7.20. The van der Waals surface area contributed by atoms with E-state index in [-0.39, 0.29) is 24.8 Å². The molecular formula is C25H28N8O4. The maximum Gasteiger partial charge on any atom is 0.332 e. The Bertz CT molecular complexity index is 1360. The van der Waals surface area contributed by atoms with Gasteiger partial charge in [-0.1, -0.05) is 0 Å². The number of rotatable bonds is 10. The largest absolute Gasteiger partial charge is 0.497 e. The van der Waals surface area contributed by atoms with Crippen molar-refractivity contribution in [3.8, 4) is 11.8 Å². The highest BCUT2D eigenvalue weighted by Gasteiger charge is 2.37. The number of urea groups is 1. The van der Waals surface area contributed by atoms with Crippen LogP contribution >= 0.6 is 0 Å². The molecule has 1 saturated heterocycles. The molecular weight excluding hydrogens is 476 g/mol. The molecule has 192 valence electrons. The molecule has 3 aromatic rings. The van der Waals surface area contributed by atoms with Crippen molar-refractivity contribution >= 4 is 34.6 Å². The standard InChI is InChI=1S/C25H28N8O4/c1-31-19(14-33-21(34)15-32(25(33)36)18-6-8-20(37-2)9-7-18)11-16-13-28-22(30-23(16)31)24(35)29-17(12-27)5-3-4-10-26/h6-9,11,13,17H,3-5,10,14-15,26H2,1-2H3,(H,29,35)/t17-/m0/s1. The maximum absolute atomic E-state index is 13.0. The molecule has 0 aliphatic carbocycles. The SMILES string of the molecule is COc1ccc(N2CC(=O)N(Cc3cc4cnc(C(=O)N[C@H](C#N)CCCCN)nc4n3C)C2=O)cc1. The van der Waals surface area contributed by atoms with Crippen LogP contribution in [0.2, 0.25) is 0 Å². The van der Waals surface area contributed by atoms with Gasteiger partial charge in [0.05, 0.1) is 19.7 Å². The third-order valence-electron chi connectivity index (χ3n) is 6.24. The van der Waals surface area contributed by atoms with Gasteiger partial charge in [0.1, 0.15) is 24.0 Å². The van der Waals surface area contributed by atoms with Crippen LogP contribution in [0.3, 0.4) is 0 Å². The van der Waals surface area contributed by atoms with Crippen LogP contribution in [0.4, 0.5) is 10.5 Å². The van der Waals surface area contributed by atoms with Gasteiger partial charge in [-0.3, -0.25) is 19.4 Å². The fraction of sp³-hybridized carbons (Fsp3) is 0.360. The third-order valence-corrected chi connectivity index (χ3v) is 6.24. The van der Waals surface area contributed by atoms with E-state index in [1.54, 1.807) is 49.1 Å². The zero-order chi connectivity index (χ0) is 26.5. The van der Waals surface area contributed by atoms with Gasteiger partial charge in [0.25, 0.3) is 11.8 Å². The van der Waals surface area contributed by atoms with Gasteiger partial charge in [-0.15, -0.1) is 0 Å². The lowest BCUT2D eigenvalue weighted by molar-refractivity contribution is -0.125. The molecule has 1 atom stereocenters. The molecule has 12 nitrogen and oxygen atoms in total. The highest BCUT2D eigenvalue weighted by Crippen LogP contribution is 2.26. The Morgan fingerprint density at radius 3 is 2.70 bits per heavy atom. The first kappa shape index (κ1) is 25.6. The summed E-state index contributed by atoms with van der Waals surface area (Å²) in [5.74, 6) is -0.297. The Morgan fingerprint density at radius 2 is 2.03 bits per heavy atom. The van der Waals surface area contributed by atoms with Crippen LogP contribution in [-0.2, 0) is 18.4 Å². The molecule has 4 rings (SSSR count). The number of nitrogens with two attached hydrogens (primary N) is 1. The van der Waals surface area contributed by atoms with Gasteiger partial charge < -0.3 is 20.4 Å². The zero-order valence-electron chi connectivity index (χ0n) is 20.7. The van der Waals surface area contributed by atoms with Gasteiger partial charge >= 0.3 is 6.03 Å². The number of aromatic nitrogens is 3. The van der Waals surface area contributed by atoms with E-state index in [0.29, 0.717) is 41.1 Å². The quantitative estimate of drug-likeness (QED) is 0.312. The minimum Gasteiger partial charge on any atom is -0.497 e. The molecule has 2 aromatic heterocycles. The third kappa shape index (κ3) is 5.36. The summed E-state index contributed by atoms with van der Waals surface area (Å²) in [7, 11) is 3.29. The monoisotopic (exact) mass is 504 g/mol. The van der Waals surface area contributed by atoms with Gasteiger partial charge in [-0.05, 0) is 56.1 Å². The summed E-state index contributed by atoms with van der Waals surface area (Å²) < 4.78 is 6.87. The van der Waals surface area contributed by atoms with E-state index in [4.69, 9.17) is 10.5 Å². The number of aryl methyl sites for hydroxylation is 1. The lowest BCUT2D eigenvalue weighted by Gasteiger charge is -2.17. The summed E-state index contributed by atoms with van der Waals surface area (Å²) in [5, 5.41) is 12.6. The number of hydrogen-bond acceptors (Lipinski definition) is 8. The van der Waals surface area contributed by atoms with Gasteiger partial charge in [0, 0.05) is 30.0 Å². The van der Waals surface area contributed by atoms with Gasteiger partial charge in [-0.25, -0.2) is 14.8 Å². The first-order chi connectivity index (χ1) is 17.9. The van der Waals surface area contributed by atoms with E-state index in [9.17, 15) is 19.6 Å². The molecule has 37 heavy (non-hydrogen) atoms. The van der Waals surface area contributed by atoms with E-state index < -0.39 is 18.0 Å². The van der Waals surface area contributed by atoms with E-state index in [0.717, 1.165) is 12.8 Å². The molecule has 1 aromatic carbocycles. The first-order valence-electron chi connectivity index (χ1n) is 11.8. The van der Waals surface area contributed by atoms with Crippen molar-refractivity contribution in [1.82, 2.24) is 24.8 Å². The highest BCUT2D eigenvalue weighted by atomic mass is 16.5. The second-order valence-corrected chi connectivity index (χ2v) is 8.65. The lowest BCUT2D eigenvalue weighted by Crippen LogP contribution is -2.35. The van der Waals surface area contributed by atoms with Crippen LogP contribution in [0.25, 0.3) is 11.0 Å². The molecule has 0 saturated carbocycles.